The first-order valence-corrected chi connectivity index (χ1v) is 6.94. The molecular weight excluding hydrogens is 240 g/mol. The molecule has 0 saturated carbocycles. The quantitative estimate of drug-likeness (QED) is 0.809. The van der Waals surface area contributed by atoms with Gasteiger partial charge in [-0.05, 0) is 18.6 Å². The van der Waals surface area contributed by atoms with Crippen LogP contribution in [0.2, 0.25) is 0 Å². The lowest BCUT2D eigenvalue weighted by atomic mass is 10.2. The van der Waals surface area contributed by atoms with E-state index in [0.29, 0.717) is 17.3 Å². The van der Waals surface area contributed by atoms with Gasteiger partial charge in [0.15, 0.2) is 0 Å². The minimum atomic E-state index is -1.02. The molecule has 0 amide bonds. The van der Waals surface area contributed by atoms with Crippen molar-refractivity contribution in [3.8, 4) is 5.75 Å². The van der Waals surface area contributed by atoms with Crippen molar-refractivity contribution >= 4 is 16.8 Å². The zero-order valence-electron chi connectivity index (χ0n) is 9.72. The van der Waals surface area contributed by atoms with Gasteiger partial charge in [0.05, 0.1) is 12.4 Å². The largest absolute Gasteiger partial charge is 0.492 e. The van der Waals surface area contributed by atoms with Crippen LogP contribution in [-0.4, -0.2) is 33.4 Å². The van der Waals surface area contributed by atoms with Crippen molar-refractivity contribution in [3.63, 3.8) is 0 Å². The molecule has 1 N–H and O–H groups in total. The summed E-state index contributed by atoms with van der Waals surface area (Å²) >= 11 is 0. The number of hydrogen-bond donors (Lipinski definition) is 1. The molecule has 17 heavy (non-hydrogen) atoms. The Morgan fingerprint density at radius 1 is 1.35 bits per heavy atom. The summed E-state index contributed by atoms with van der Waals surface area (Å²) < 4.78 is 16.7. The number of hydrogen-bond acceptors (Lipinski definition) is 3. The Labute approximate surface area is 103 Å². The average molecular weight is 256 g/mol. The van der Waals surface area contributed by atoms with Gasteiger partial charge in [-0.1, -0.05) is 19.1 Å². The predicted molar refractivity (Wildman–Crippen MR) is 67.1 cm³/mol. The van der Waals surface area contributed by atoms with Crippen LogP contribution in [0, 0.1) is 0 Å². The van der Waals surface area contributed by atoms with E-state index in [1.54, 1.807) is 18.2 Å². The Bertz CT molecular complexity index is 403. The summed E-state index contributed by atoms with van der Waals surface area (Å²) in [4.78, 5) is 10.9. The Morgan fingerprint density at radius 2 is 2.06 bits per heavy atom. The van der Waals surface area contributed by atoms with Gasteiger partial charge in [0.25, 0.3) is 0 Å². The van der Waals surface area contributed by atoms with E-state index in [1.807, 2.05) is 6.92 Å². The number of ether oxygens (including phenoxy) is 1. The number of para-hydroxylation sites is 1. The molecule has 0 aromatic heterocycles. The zero-order chi connectivity index (χ0) is 12.7. The van der Waals surface area contributed by atoms with Gasteiger partial charge in [0.1, 0.15) is 11.3 Å². The maximum Gasteiger partial charge on any atom is 0.339 e. The molecule has 0 saturated heterocycles. The van der Waals surface area contributed by atoms with Gasteiger partial charge < -0.3 is 9.84 Å². The van der Waals surface area contributed by atoms with Gasteiger partial charge >= 0.3 is 5.97 Å². The van der Waals surface area contributed by atoms with Crippen molar-refractivity contribution in [1.29, 1.82) is 0 Å². The molecule has 5 heteroatoms. The molecule has 94 valence electrons. The summed E-state index contributed by atoms with van der Waals surface area (Å²) in [6.07, 6.45) is 0.873. The van der Waals surface area contributed by atoms with E-state index in [4.69, 9.17) is 9.84 Å². The van der Waals surface area contributed by atoms with Crippen LogP contribution in [0.4, 0.5) is 0 Å². The summed E-state index contributed by atoms with van der Waals surface area (Å²) in [6, 6.07) is 6.45. The number of rotatable bonds is 7. The maximum absolute atomic E-state index is 11.4. The minimum Gasteiger partial charge on any atom is -0.492 e. The maximum atomic E-state index is 11.4. The van der Waals surface area contributed by atoms with E-state index >= 15 is 0 Å². The molecule has 0 bridgehead atoms. The zero-order valence-corrected chi connectivity index (χ0v) is 10.5. The van der Waals surface area contributed by atoms with Crippen LogP contribution in [0.3, 0.4) is 0 Å². The summed E-state index contributed by atoms with van der Waals surface area (Å²) in [7, 11) is -0.883. The SMILES string of the molecule is CCCS(=O)CCOc1ccccc1C(=O)O. The predicted octanol–water partition coefficient (Wildman–Crippen LogP) is 1.92. The molecule has 1 aromatic carbocycles. The van der Waals surface area contributed by atoms with Crippen LogP contribution in [0.5, 0.6) is 5.75 Å². The summed E-state index contributed by atoms with van der Waals surface area (Å²) in [5.74, 6) is 0.398. The van der Waals surface area contributed by atoms with E-state index in [9.17, 15) is 9.00 Å². The highest BCUT2D eigenvalue weighted by molar-refractivity contribution is 7.84. The van der Waals surface area contributed by atoms with E-state index in [0.717, 1.165) is 6.42 Å². The Balaban J connectivity index is 2.52. The lowest BCUT2D eigenvalue weighted by molar-refractivity contribution is 0.0692. The smallest absolute Gasteiger partial charge is 0.339 e. The first kappa shape index (κ1) is 13.7. The van der Waals surface area contributed by atoms with Crippen molar-refractivity contribution in [2.45, 2.75) is 13.3 Å². The van der Waals surface area contributed by atoms with Crippen LogP contribution < -0.4 is 4.74 Å². The van der Waals surface area contributed by atoms with Gasteiger partial charge in [-0.3, -0.25) is 4.21 Å². The number of carboxylic acids is 1. The Morgan fingerprint density at radius 3 is 2.71 bits per heavy atom. The van der Waals surface area contributed by atoms with Crippen LogP contribution in [0.1, 0.15) is 23.7 Å². The topological polar surface area (TPSA) is 63.6 Å². The molecule has 0 aliphatic heterocycles. The molecule has 0 heterocycles. The first-order valence-electron chi connectivity index (χ1n) is 5.45. The second kappa shape index (κ2) is 7.06. The van der Waals surface area contributed by atoms with Gasteiger partial charge in [-0.15, -0.1) is 0 Å². The highest BCUT2D eigenvalue weighted by Crippen LogP contribution is 2.17. The second-order valence-corrected chi connectivity index (χ2v) is 5.19. The van der Waals surface area contributed by atoms with Crippen molar-refractivity contribution in [2.75, 3.05) is 18.1 Å². The average Bonchev–Trinajstić information content (AvgIpc) is 2.30. The number of carbonyl (C=O) groups is 1. The van der Waals surface area contributed by atoms with Gasteiger partial charge in [-0.2, -0.15) is 0 Å². The lowest BCUT2D eigenvalue weighted by Gasteiger charge is -2.08. The van der Waals surface area contributed by atoms with E-state index in [-0.39, 0.29) is 12.2 Å². The monoisotopic (exact) mass is 256 g/mol. The highest BCUT2D eigenvalue weighted by Gasteiger charge is 2.10. The molecule has 1 atom stereocenters. The van der Waals surface area contributed by atoms with Gasteiger partial charge in [0.2, 0.25) is 0 Å². The highest BCUT2D eigenvalue weighted by atomic mass is 32.2. The van der Waals surface area contributed by atoms with E-state index in [1.165, 1.54) is 6.07 Å². The molecule has 0 radical (unpaired) electrons. The molecule has 0 aliphatic rings. The fraction of sp³-hybridized carbons (Fsp3) is 0.417. The molecule has 0 aliphatic carbocycles. The van der Waals surface area contributed by atoms with Crippen LogP contribution >= 0.6 is 0 Å². The Kier molecular flexibility index (Phi) is 5.69. The van der Waals surface area contributed by atoms with Gasteiger partial charge in [0, 0.05) is 16.6 Å². The van der Waals surface area contributed by atoms with Crippen LogP contribution in [0.15, 0.2) is 24.3 Å². The number of carboxylic acid groups (broad SMARTS) is 1. The van der Waals surface area contributed by atoms with Gasteiger partial charge in [-0.25, -0.2) is 4.79 Å². The van der Waals surface area contributed by atoms with Crippen molar-refractivity contribution in [1.82, 2.24) is 0 Å². The molecule has 0 spiro atoms. The third-order valence-electron chi connectivity index (χ3n) is 2.12. The molecule has 0 fully saturated rings. The van der Waals surface area contributed by atoms with Crippen molar-refractivity contribution in [2.24, 2.45) is 0 Å². The molecule has 1 aromatic rings. The molecule has 1 rings (SSSR count). The van der Waals surface area contributed by atoms with E-state index < -0.39 is 16.8 Å². The standard InChI is InChI=1S/C12H16O4S/c1-2-8-17(15)9-7-16-11-6-4-3-5-10(11)12(13)14/h3-6H,2,7-9H2,1H3,(H,13,14). The fourth-order valence-corrected chi connectivity index (χ4v) is 2.27. The second-order valence-electron chi connectivity index (χ2n) is 3.50. The number of aromatic carboxylic acids is 1. The normalized spacial score (nSPS) is 12.1. The van der Waals surface area contributed by atoms with Crippen LogP contribution in [0.25, 0.3) is 0 Å². The van der Waals surface area contributed by atoms with E-state index in [2.05, 4.69) is 0 Å². The fourth-order valence-electron chi connectivity index (χ4n) is 1.34. The summed E-state index contributed by atoms with van der Waals surface area (Å²) in [5, 5.41) is 8.92. The first-order chi connectivity index (χ1) is 8.15. The molecule has 4 nitrogen and oxygen atoms in total. The van der Waals surface area contributed by atoms with Crippen molar-refractivity contribution in [3.05, 3.63) is 29.8 Å². The molecular formula is C12H16O4S. The summed E-state index contributed by atoms with van der Waals surface area (Å²) in [5.41, 5.74) is 0.133. The minimum absolute atomic E-state index is 0.133. The van der Waals surface area contributed by atoms with Crippen LogP contribution in [-0.2, 0) is 10.8 Å². The molecule has 1 unspecified atom stereocenters. The van der Waals surface area contributed by atoms with Crippen molar-refractivity contribution < 1.29 is 18.8 Å². The Hall–Kier alpha value is -1.36. The third kappa shape index (κ3) is 4.56. The lowest BCUT2D eigenvalue weighted by Crippen LogP contribution is -2.12. The number of benzene rings is 1. The third-order valence-corrected chi connectivity index (χ3v) is 3.60. The summed E-state index contributed by atoms with van der Waals surface area (Å²) in [6.45, 7) is 2.25.